The minimum atomic E-state index is 0.135. The van der Waals surface area contributed by atoms with E-state index in [1.165, 1.54) is 4.70 Å². The van der Waals surface area contributed by atoms with Gasteiger partial charge in [0.1, 0.15) is 29.3 Å². The molecule has 29 heavy (non-hydrogen) atoms. The molecule has 0 saturated heterocycles. The van der Waals surface area contributed by atoms with Gasteiger partial charge in [-0.15, -0.1) is 0 Å². The first-order chi connectivity index (χ1) is 14.3. The van der Waals surface area contributed by atoms with Gasteiger partial charge in [-0.1, -0.05) is 23.5 Å². The van der Waals surface area contributed by atoms with Crippen LogP contribution in [0.3, 0.4) is 0 Å². The molecule has 6 nitrogen and oxygen atoms in total. The van der Waals surface area contributed by atoms with Crippen molar-refractivity contribution < 1.29 is 4.74 Å². The summed E-state index contributed by atoms with van der Waals surface area (Å²) in [4.78, 5) is 13.2. The topological polar surface area (TPSA) is 83.7 Å². The van der Waals surface area contributed by atoms with Crippen molar-refractivity contribution in [3.05, 3.63) is 66.6 Å². The van der Waals surface area contributed by atoms with Crippen LogP contribution in [0.25, 0.3) is 21.5 Å². The number of fused-ring (bicyclic) bond motifs is 1. The number of hydrogen-bond donors (Lipinski definition) is 1. The van der Waals surface area contributed by atoms with Gasteiger partial charge < -0.3 is 10.1 Å². The highest BCUT2D eigenvalue weighted by Gasteiger charge is 2.32. The fourth-order valence-corrected chi connectivity index (χ4v) is 4.31. The minimum absolute atomic E-state index is 0.135. The Bertz CT molecular complexity index is 1160. The molecule has 142 valence electrons. The first-order valence-electron chi connectivity index (χ1n) is 9.39. The van der Waals surface area contributed by atoms with E-state index in [1.807, 2.05) is 42.5 Å². The molecule has 1 aromatic carbocycles. The second-order valence-corrected chi connectivity index (χ2v) is 7.96. The lowest BCUT2D eigenvalue weighted by atomic mass is 9.89. The monoisotopic (exact) mass is 399 g/mol. The molecule has 0 atom stereocenters. The third-order valence-corrected chi connectivity index (χ3v) is 5.90. The van der Waals surface area contributed by atoms with Gasteiger partial charge in [0.25, 0.3) is 0 Å². The van der Waals surface area contributed by atoms with Crippen molar-refractivity contribution >= 4 is 26.7 Å². The van der Waals surface area contributed by atoms with Gasteiger partial charge in [-0.05, 0) is 36.4 Å². The highest BCUT2D eigenvalue weighted by Crippen LogP contribution is 2.34. The van der Waals surface area contributed by atoms with Crippen LogP contribution < -0.4 is 10.1 Å². The lowest BCUT2D eigenvalue weighted by molar-refractivity contribution is 0.108. The summed E-state index contributed by atoms with van der Waals surface area (Å²) in [5.41, 5.74) is 2.99. The Morgan fingerprint density at radius 1 is 1.07 bits per heavy atom. The number of anilines is 1. The van der Waals surface area contributed by atoms with Gasteiger partial charge in [-0.3, -0.25) is 4.98 Å². The SMILES string of the molecule is N#Cc1ccc(-c2ncccc2OC2CC(Nc3nc4ccccc4s3)C2)cn1. The molecular weight excluding hydrogens is 382 g/mol. The summed E-state index contributed by atoms with van der Waals surface area (Å²) in [6.07, 6.45) is 5.35. The van der Waals surface area contributed by atoms with Gasteiger partial charge in [0.2, 0.25) is 0 Å². The summed E-state index contributed by atoms with van der Waals surface area (Å²) in [7, 11) is 0. The van der Waals surface area contributed by atoms with E-state index in [9.17, 15) is 0 Å². The predicted octanol–water partition coefficient (Wildman–Crippen LogP) is 4.65. The van der Waals surface area contributed by atoms with Crippen LogP contribution in [0, 0.1) is 11.3 Å². The first-order valence-corrected chi connectivity index (χ1v) is 10.2. The van der Waals surface area contributed by atoms with E-state index in [-0.39, 0.29) is 6.10 Å². The smallest absolute Gasteiger partial charge is 0.184 e. The maximum atomic E-state index is 8.92. The predicted molar refractivity (Wildman–Crippen MR) is 113 cm³/mol. The van der Waals surface area contributed by atoms with Gasteiger partial charge in [-0.25, -0.2) is 9.97 Å². The van der Waals surface area contributed by atoms with Crippen LogP contribution in [0.5, 0.6) is 5.75 Å². The van der Waals surface area contributed by atoms with Gasteiger partial charge in [0.05, 0.1) is 10.2 Å². The average Bonchev–Trinajstić information content (AvgIpc) is 3.15. The van der Waals surface area contributed by atoms with Crippen molar-refractivity contribution in [1.82, 2.24) is 15.0 Å². The highest BCUT2D eigenvalue weighted by atomic mass is 32.1. The molecule has 0 unspecified atom stereocenters. The number of hydrogen-bond acceptors (Lipinski definition) is 7. The number of aromatic nitrogens is 3. The van der Waals surface area contributed by atoms with Gasteiger partial charge in [0, 0.05) is 36.8 Å². The second-order valence-electron chi connectivity index (χ2n) is 6.93. The molecule has 1 N–H and O–H groups in total. The van der Waals surface area contributed by atoms with Crippen molar-refractivity contribution in [3.8, 4) is 23.1 Å². The van der Waals surface area contributed by atoms with Crippen LogP contribution in [0.2, 0.25) is 0 Å². The number of nitriles is 1. The fraction of sp³-hybridized carbons (Fsp3) is 0.182. The Kier molecular flexibility index (Phi) is 4.54. The van der Waals surface area contributed by atoms with Crippen LogP contribution in [0.1, 0.15) is 18.5 Å². The van der Waals surface area contributed by atoms with E-state index in [0.29, 0.717) is 11.7 Å². The minimum Gasteiger partial charge on any atom is -0.488 e. The number of nitrogens with one attached hydrogen (secondary N) is 1. The Morgan fingerprint density at radius 3 is 2.76 bits per heavy atom. The highest BCUT2D eigenvalue weighted by molar-refractivity contribution is 7.22. The molecule has 1 fully saturated rings. The summed E-state index contributed by atoms with van der Waals surface area (Å²) < 4.78 is 7.40. The van der Waals surface area contributed by atoms with E-state index in [4.69, 9.17) is 10.00 Å². The lowest BCUT2D eigenvalue weighted by Crippen LogP contribution is -2.42. The average molecular weight is 399 g/mol. The van der Waals surface area contributed by atoms with Crippen LogP contribution in [-0.2, 0) is 0 Å². The number of nitrogens with zero attached hydrogens (tertiary/aromatic N) is 4. The molecule has 3 aromatic heterocycles. The van der Waals surface area contributed by atoms with Crippen molar-refractivity contribution in [1.29, 1.82) is 5.26 Å². The summed E-state index contributed by atoms with van der Waals surface area (Å²) in [5.74, 6) is 0.738. The zero-order chi connectivity index (χ0) is 19.6. The lowest BCUT2D eigenvalue weighted by Gasteiger charge is -2.36. The Morgan fingerprint density at radius 2 is 1.97 bits per heavy atom. The van der Waals surface area contributed by atoms with E-state index < -0.39 is 0 Å². The van der Waals surface area contributed by atoms with E-state index >= 15 is 0 Å². The molecule has 0 bridgehead atoms. The summed E-state index contributed by atoms with van der Waals surface area (Å²) >= 11 is 1.68. The Hall–Kier alpha value is -3.50. The van der Waals surface area contributed by atoms with E-state index in [2.05, 4.69) is 26.3 Å². The molecular formula is C22H17N5OS. The van der Waals surface area contributed by atoms with Gasteiger partial charge >= 0.3 is 0 Å². The normalized spacial score (nSPS) is 18.0. The van der Waals surface area contributed by atoms with Crippen molar-refractivity contribution in [3.63, 3.8) is 0 Å². The van der Waals surface area contributed by atoms with Gasteiger partial charge in [0.15, 0.2) is 5.13 Å². The molecule has 4 aromatic rings. The number of ether oxygens (including phenoxy) is 1. The molecule has 0 radical (unpaired) electrons. The van der Waals surface area contributed by atoms with Crippen LogP contribution >= 0.6 is 11.3 Å². The molecule has 1 aliphatic carbocycles. The number of pyridine rings is 2. The summed E-state index contributed by atoms with van der Waals surface area (Å²) in [5, 5.41) is 13.4. The van der Waals surface area contributed by atoms with Crippen molar-refractivity contribution in [2.45, 2.75) is 25.0 Å². The molecule has 7 heteroatoms. The quantitative estimate of drug-likeness (QED) is 0.526. The van der Waals surface area contributed by atoms with Crippen molar-refractivity contribution in [2.24, 2.45) is 0 Å². The standard InChI is InChI=1S/C22H17N5OS/c23-12-15-8-7-14(13-25-15)21-19(5-3-9-24-21)28-17-10-16(11-17)26-22-27-18-4-1-2-6-20(18)29-22/h1-9,13,16-17H,10-11H2,(H,26,27). The van der Waals surface area contributed by atoms with Crippen LogP contribution in [-0.4, -0.2) is 27.1 Å². The Labute approximate surface area is 171 Å². The largest absolute Gasteiger partial charge is 0.488 e. The first kappa shape index (κ1) is 17.6. The maximum Gasteiger partial charge on any atom is 0.184 e. The molecule has 5 rings (SSSR count). The maximum absolute atomic E-state index is 8.92. The molecule has 0 amide bonds. The number of thiazole rings is 1. The fourth-order valence-electron chi connectivity index (χ4n) is 3.37. The number of benzene rings is 1. The molecule has 1 aliphatic rings. The zero-order valence-corrected chi connectivity index (χ0v) is 16.3. The third-order valence-electron chi connectivity index (χ3n) is 4.93. The third kappa shape index (κ3) is 3.62. The zero-order valence-electron chi connectivity index (χ0n) is 15.4. The summed E-state index contributed by atoms with van der Waals surface area (Å²) in [6.45, 7) is 0. The molecule has 0 aliphatic heterocycles. The molecule has 1 saturated carbocycles. The van der Waals surface area contributed by atoms with Gasteiger partial charge in [-0.2, -0.15) is 5.26 Å². The number of rotatable bonds is 5. The van der Waals surface area contributed by atoms with Crippen molar-refractivity contribution in [2.75, 3.05) is 5.32 Å². The molecule has 0 spiro atoms. The Balaban J connectivity index is 1.24. The van der Waals surface area contributed by atoms with Crippen LogP contribution in [0.15, 0.2) is 60.9 Å². The summed E-state index contributed by atoms with van der Waals surface area (Å²) in [6, 6.07) is 17.9. The van der Waals surface area contributed by atoms with E-state index in [0.717, 1.165) is 40.5 Å². The molecule has 3 heterocycles. The second kappa shape index (κ2) is 7.49. The van der Waals surface area contributed by atoms with Crippen LogP contribution in [0.4, 0.5) is 5.13 Å². The number of para-hydroxylation sites is 1. The van der Waals surface area contributed by atoms with E-state index in [1.54, 1.807) is 29.8 Å².